The number of hydrogen-bond acceptors (Lipinski definition) is 5. The van der Waals surface area contributed by atoms with E-state index in [0.29, 0.717) is 25.6 Å². The second-order valence-corrected chi connectivity index (χ2v) is 7.11. The maximum atomic E-state index is 13.2. The quantitative estimate of drug-likeness (QED) is 0.771. The van der Waals surface area contributed by atoms with Crippen LogP contribution < -0.4 is 9.75 Å². The zero-order valence-corrected chi connectivity index (χ0v) is 15.4. The van der Waals surface area contributed by atoms with Gasteiger partial charge in [0.2, 0.25) is 0 Å². The van der Waals surface area contributed by atoms with Crippen molar-refractivity contribution in [1.82, 2.24) is 9.99 Å². The highest BCUT2D eigenvalue weighted by Crippen LogP contribution is 2.41. The van der Waals surface area contributed by atoms with Gasteiger partial charge in [-0.1, -0.05) is 12.1 Å². The fourth-order valence-corrected chi connectivity index (χ4v) is 3.59. The average molecular weight is 375 g/mol. The Morgan fingerprint density at radius 2 is 2.07 bits per heavy atom. The van der Waals surface area contributed by atoms with Crippen LogP contribution in [0, 0.1) is 0 Å². The number of hydrogen-bond donors (Lipinski definition) is 0. The predicted molar refractivity (Wildman–Crippen MR) is 98.3 cm³/mol. The average Bonchev–Trinajstić information content (AvgIpc) is 3.28. The molecule has 1 aromatic heterocycles. The molecule has 0 spiro atoms. The molecule has 0 N–H and O–H groups in total. The highest BCUT2D eigenvalue weighted by atomic mass is 19.3. The predicted octanol–water partition coefficient (Wildman–Crippen LogP) is 4.46. The first-order valence-corrected chi connectivity index (χ1v) is 9.22. The molecule has 1 atom stereocenters. The molecule has 0 radical (unpaired) electrons. The van der Waals surface area contributed by atoms with Gasteiger partial charge in [0.25, 0.3) is 6.43 Å². The summed E-state index contributed by atoms with van der Waals surface area (Å²) in [6.45, 7) is 5.96. The number of pyridine rings is 1. The molecule has 5 nitrogen and oxygen atoms in total. The van der Waals surface area contributed by atoms with Gasteiger partial charge in [0.1, 0.15) is 17.3 Å². The molecule has 2 aromatic rings. The lowest BCUT2D eigenvalue weighted by Crippen LogP contribution is -2.42. The monoisotopic (exact) mass is 375 g/mol. The van der Waals surface area contributed by atoms with Crippen LogP contribution in [0.15, 0.2) is 36.4 Å². The fourth-order valence-electron chi connectivity index (χ4n) is 3.59. The lowest BCUT2D eigenvalue weighted by molar-refractivity contribution is 0.142. The summed E-state index contributed by atoms with van der Waals surface area (Å²) in [4.78, 5) is 4.22. The number of anilines is 2. The molecule has 0 unspecified atom stereocenters. The number of benzene rings is 1. The van der Waals surface area contributed by atoms with Crippen LogP contribution in [0.3, 0.4) is 0 Å². The summed E-state index contributed by atoms with van der Waals surface area (Å²) < 4.78 is 37.8. The number of aromatic nitrogens is 1. The standard InChI is InChI=1S/C20H23F2N3O2/c1-13(2)27-16-7-6-14-11-24(15-8-9-26-12-15)25(18(14)10-16)19-5-3-4-17(23-19)20(21)22/h3-7,10,13,15,20H,8-9,11-12H2,1-2H3/t15-/m1/s1. The summed E-state index contributed by atoms with van der Waals surface area (Å²) in [6, 6.07) is 10.9. The molecule has 0 saturated carbocycles. The van der Waals surface area contributed by atoms with Crippen LogP contribution in [0.4, 0.5) is 20.3 Å². The number of ether oxygens (including phenoxy) is 2. The van der Waals surface area contributed by atoms with E-state index in [1.54, 1.807) is 12.1 Å². The Kier molecular flexibility index (Phi) is 4.97. The van der Waals surface area contributed by atoms with Gasteiger partial charge in [-0.05, 0) is 44.0 Å². The molecule has 0 aliphatic carbocycles. The lowest BCUT2D eigenvalue weighted by atomic mass is 10.1. The third-order valence-electron chi connectivity index (χ3n) is 4.77. The van der Waals surface area contributed by atoms with Gasteiger partial charge in [0.05, 0.1) is 24.4 Å². The Labute approximate surface area is 157 Å². The molecule has 1 aromatic carbocycles. The zero-order chi connectivity index (χ0) is 19.0. The van der Waals surface area contributed by atoms with Crippen molar-refractivity contribution in [1.29, 1.82) is 0 Å². The molecule has 0 amide bonds. The van der Waals surface area contributed by atoms with E-state index in [-0.39, 0.29) is 17.8 Å². The normalized spacial score (nSPS) is 19.9. The van der Waals surface area contributed by atoms with Crippen molar-refractivity contribution in [2.45, 2.75) is 45.4 Å². The highest BCUT2D eigenvalue weighted by Gasteiger charge is 2.36. The SMILES string of the molecule is CC(C)Oc1ccc2c(c1)N(c1cccc(C(F)F)n1)N([C@@H]1CCOC1)C2. The number of alkyl halides is 2. The van der Waals surface area contributed by atoms with E-state index in [1.165, 1.54) is 6.07 Å². The van der Waals surface area contributed by atoms with E-state index >= 15 is 0 Å². The van der Waals surface area contributed by atoms with Crippen LogP contribution in [-0.2, 0) is 11.3 Å². The minimum Gasteiger partial charge on any atom is -0.491 e. The van der Waals surface area contributed by atoms with Crippen molar-refractivity contribution in [3.63, 3.8) is 0 Å². The minimum atomic E-state index is -2.61. The fraction of sp³-hybridized carbons (Fsp3) is 0.450. The Hall–Kier alpha value is -2.25. The van der Waals surface area contributed by atoms with E-state index in [2.05, 4.69) is 9.99 Å². The number of nitrogens with zero attached hydrogens (tertiary/aromatic N) is 3. The third kappa shape index (κ3) is 3.61. The maximum absolute atomic E-state index is 13.2. The summed E-state index contributed by atoms with van der Waals surface area (Å²) in [5, 5.41) is 4.10. The number of fused-ring (bicyclic) bond motifs is 1. The smallest absolute Gasteiger partial charge is 0.280 e. The molecule has 0 bridgehead atoms. The molecule has 7 heteroatoms. The van der Waals surface area contributed by atoms with Crippen LogP contribution in [0.25, 0.3) is 0 Å². The molecule has 2 aliphatic heterocycles. The number of hydrazine groups is 1. The van der Waals surface area contributed by atoms with Crippen LogP contribution in [0.2, 0.25) is 0 Å². The second-order valence-electron chi connectivity index (χ2n) is 7.11. The molecular weight excluding hydrogens is 352 g/mol. The van der Waals surface area contributed by atoms with Crippen molar-refractivity contribution in [2.24, 2.45) is 0 Å². The number of halogens is 2. The first-order valence-electron chi connectivity index (χ1n) is 9.22. The molecule has 1 saturated heterocycles. The Balaban J connectivity index is 1.76. The minimum absolute atomic E-state index is 0.0533. The summed E-state index contributed by atoms with van der Waals surface area (Å²) in [5.41, 5.74) is 1.80. The largest absolute Gasteiger partial charge is 0.491 e. The van der Waals surface area contributed by atoms with Gasteiger partial charge in [0, 0.05) is 19.2 Å². The van der Waals surface area contributed by atoms with E-state index in [0.717, 1.165) is 23.4 Å². The molecule has 1 fully saturated rings. The maximum Gasteiger partial charge on any atom is 0.280 e. The van der Waals surface area contributed by atoms with Gasteiger partial charge in [-0.15, -0.1) is 0 Å². The van der Waals surface area contributed by atoms with Gasteiger partial charge in [-0.25, -0.2) is 18.8 Å². The van der Waals surface area contributed by atoms with Crippen molar-refractivity contribution in [3.05, 3.63) is 47.7 Å². The van der Waals surface area contributed by atoms with Crippen molar-refractivity contribution in [3.8, 4) is 5.75 Å². The Morgan fingerprint density at radius 3 is 2.78 bits per heavy atom. The zero-order valence-electron chi connectivity index (χ0n) is 15.4. The van der Waals surface area contributed by atoms with E-state index in [9.17, 15) is 8.78 Å². The van der Waals surface area contributed by atoms with E-state index in [4.69, 9.17) is 9.47 Å². The molecular formula is C20H23F2N3O2. The Bertz CT molecular complexity index is 810. The van der Waals surface area contributed by atoms with Gasteiger partial charge in [-0.3, -0.25) is 5.01 Å². The molecule has 27 heavy (non-hydrogen) atoms. The third-order valence-corrected chi connectivity index (χ3v) is 4.77. The summed E-state index contributed by atoms with van der Waals surface area (Å²) in [5.74, 6) is 1.24. The van der Waals surface area contributed by atoms with E-state index < -0.39 is 6.43 Å². The van der Waals surface area contributed by atoms with Crippen molar-refractivity contribution in [2.75, 3.05) is 18.2 Å². The van der Waals surface area contributed by atoms with Gasteiger partial charge < -0.3 is 9.47 Å². The van der Waals surface area contributed by atoms with E-state index in [1.807, 2.05) is 37.1 Å². The molecule has 2 aliphatic rings. The summed E-state index contributed by atoms with van der Waals surface area (Å²) >= 11 is 0. The van der Waals surface area contributed by atoms with Crippen LogP contribution >= 0.6 is 0 Å². The topological polar surface area (TPSA) is 37.8 Å². The molecule has 4 rings (SSSR count). The van der Waals surface area contributed by atoms with Crippen LogP contribution in [0.5, 0.6) is 5.75 Å². The van der Waals surface area contributed by atoms with Gasteiger partial charge in [-0.2, -0.15) is 0 Å². The highest BCUT2D eigenvalue weighted by molar-refractivity contribution is 5.68. The molecule has 3 heterocycles. The number of rotatable bonds is 5. The Morgan fingerprint density at radius 1 is 1.22 bits per heavy atom. The summed E-state index contributed by atoms with van der Waals surface area (Å²) in [6.07, 6.45) is -1.66. The molecule has 144 valence electrons. The van der Waals surface area contributed by atoms with Crippen molar-refractivity contribution < 1.29 is 18.3 Å². The second kappa shape index (κ2) is 7.40. The van der Waals surface area contributed by atoms with Crippen LogP contribution in [-0.4, -0.2) is 35.4 Å². The lowest BCUT2D eigenvalue weighted by Gasteiger charge is -2.33. The van der Waals surface area contributed by atoms with Gasteiger partial charge in [0.15, 0.2) is 0 Å². The first kappa shape index (κ1) is 18.1. The van der Waals surface area contributed by atoms with Gasteiger partial charge >= 0.3 is 0 Å². The first-order chi connectivity index (χ1) is 13.0. The van der Waals surface area contributed by atoms with Crippen molar-refractivity contribution >= 4 is 11.5 Å². The summed E-state index contributed by atoms with van der Waals surface area (Å²) in [7, 11) is 0. The van der Waals surface area contributed by atoms with Crippen LogP contribution in [0.1, 0.15) is 38.0 Å².